The molecule has 0 amide bonds. The number of nitrogens with zero attached hydrogens (tertiary/aromatic N) is 1. The van der Waals surface area contributed by atoms with Crippen molar-refractivity contribution in [3.63, 3.8) is 0 Å². The van der Waals surface area contributed by atoms with E-state index in [9.17, 15) is 15.2 Å². The molecule has 0 aliphatic carbocycles. The second-order valence-corrected chi connectivity index (χ2v) is 5.98. The van der Waals surface area contributed by atoms with Crippen LogP contribution in [0.5, 0.6) is 11.5 Å². The van der Waals surface area contributed by atoms with Crippen molar-refractivity contribution in [3.8, 4) is 11.5 Å². The summed E-state index contributed by atoms with van der Waals surface area (Å²) in [5.41, 5.74) is 0.131. The third-order valence-electron chi connectivity index (χ3n) is 3.36. The molecular weight excluding hydrogens is 314 g/mol. The van der Waals surface area contributed by atoms with E-state index in [-0.39, 0.29) is 17.2 Å². The average molecular weight is 327 g/mol. The molecule has 3 rings (SSSR count). The summed E-state index contributed by atoms with van der Waals surface area (Å²) in [6.07, 6.45) is 3.41. The number of methoxy groups -OCH3 is 1. The second kappa shape index (κ2) is 6.10. The smallest absolute Gasteiger partial charge is 0.318 e. The molecule has 2 aromatic carbocycles. The van der Waals surface area contributed by atoms with E-state index in [1.165, 1.54) is 19.2 Å². The number of nitro benzene ring substituents is 1. The van der Waals surface area contributed by atoms with Crippen LogP contribution >= 0.6 is 11.3 Å². The van der Waals surface area contributed by atoms with Gasteiger partial charge in [0.2, 0.25) is 5.75 Å². The third-order valence-corrected chi connectivity index (χ3v) is 4.44. The highest BCUT2D eigenvalue weighted by Gasteiger charge is 2.20. The molecule has 0 aliphatic heterocycles. The van der Waals surface area contributed by atoms with E-state index in [2.05, 4.69) is 0 Å². The Labute approximate surface area is 136 Å². The maximum Gasteiger partial charge on any atom is 0.318 e. The first-order valence-corrected chi connectivity index (χ1v) is 7.62. The first-order valence-electron chi connectivity index (χ1n) is 6.80. The lowest BCUT2D eigenvalue weighted by molar-refractivity contribution is -0.386. The Morgan fingerprint density at radius 3 is 2.70 bits per heavy atom. The molecule has 1 heterocycles. The second-order valence-electron chi connectivity index (χ2n) is 4.86. The average Bonchev–Trinajstić information content (AvgIpc) is 2.94. The first-order chi connectivity index (χ1) is 11.1. The number of ether oxygens (including phenoxy) is 1. The van der Waals surface area contributed by atoms with E-state index in [1.54, 1.807) is 23.5 Å². The van der Waals surface area contributed by atoms with Gasteiger partial charge in [-0.1, -0.05) is 18.2 Å². The SMILES string of the molecule is COc1cc(O)cc(C=Cc2cc3ccccc3s2)c1[N+](=O)[O-]. The van der Waals surface area contributed by atoms with Crippen LogP contribution in [0.2, 0.25) is 0 Å². The maximum atomic E-state index is 11.3. The summed E-state index contributed by atoms with van der Waals surface area (Å²) >= 11 is 1.59. The van der Waals surface area contributed by atoms with Crippen molar-refractivity contribution in [3.05, 3.63) is 63.0 Å². The number of rotatable bonds is 4. The molecule has 23 heavy (non-hydrogen) atoms. The van der Waals surface area contributed by atoms with Crippen molar-refractivity contribution in [1.82, 2.24) is 0 Å². The zero-order valence-electron chi connectivity index (χ0n) is 12.2. The van der Waals surface area contributed by atoms with Gasteiger partial charge in [0.15, 0.2) is 0 Å². The van der Waals surface area contributed by atoms with Crippen LogP contribution in [0.15, 0.2) is 42.5 Å². The van der Waals surface area contributed by atoms with Gasteiger partial charge in [-0.3, -0.25) is 10.1 Å². The number of nitro groups is 1. The van der Waals surface area contributed by atoms with Crippen LogP contribution in [0.3, 0.4) is 0 Å². The Kier molecular flexibility index (Phi) is 3.99. The van der Waals surface area contributed by atoms with Crippen molar-refractivity contribution >= 4 is 39.3 Å². The lowest BCUT2D eigenvalue weighted by Crippen LogP contribution is -1.96. The summed E-state index contributed by atoms with van der Waals surface area (Å²) in [5.74, 6) is -0.0468. The summed E-state index contributed by atoms with van der Waals surface area (Å²) < 4.78 is 6.14. The van der Waals surface area contributed by atoms with Crippen LogP contribution in [-0.4, -0.2) is 17.1 Å². The molecule has 0 bridgehead atoms. The van der Waals surface area contributed by atoms with Gasteiger partial charge in [0.25, 0.3) is 0 Å². The molecule has 1 N–H and O–H groups in total. The molecule has 116 valence electrons. The standard InChI is InChI=1S/C17H13NO4S/c1-22-15-10-13(19)8-12(17(15)18(20)21)6-7-14-9-11-4-2-3-5-16(11)23-14/h2-10,19H,1H3. The van der Waals surface area contributed by atoms with Gasteiger partial charge < -0.3 is 9.84 Å². The summed E-state index contributed by atoms with van der Waals surface area (Å²) in [6.45, 7) is 0. The Balaban J connectivity index is 2.04. The number of benzene rings is 2. The molecule has 1 aromatic heterocycles. The van der Waals surface area contributed by atoms with E-state index in [0.29, 0.717) is 5.56 Å². The summed E-state index contributed by atoms with van der Waals surface area (Å²) in [4.78, 5) is 11.7. The van der Waals surface area contributed by atoms with Crippen molar-refractivity contribution in [2.45, 2.75) is 0 Å². The van der Waals surface area contributed by atoms with Crippen LogP contribution < -0.4 is 4.74 Å². The van der Waals surface area contributed by atoms with Crippen LogP contribution in [0.1, 0.15) is 10.4 Å². The van der Waals surface area contributed by atoms with Crippen LogP contribution in [0.4, 0.5) is 5.69 Å². The van der Waals surface area contributed by atoms with Crippen molar-refractivity contribution in [2.24, 2.45) is 0 Å². The molecule has 0 saturated heterocycles. The molecular formula is C17H13NO4S. The van der Waals surface area contributed by atoms with Gasteiger partial charge in [0, 0.05) is 15.6 Å². The zero-order chi connectivity index (χ0) is 16.4. The number of phenols is 1. The summed E-state index contributed by atoms with van der Waals surface area (Å²) in [5, 5.41) is 22.1. The maximum absolute atomic E-state index is 11.3. The fourth-order valence-corrected chi connectivity index (χ4v) is 3.32. The quantitative estimate of drug-likeness (QED) is 0.557. The third kappa shape index (κ3) is 3.02. The molecule has 0 radical (unpaired) electrons. The number of fused-ring (bicyclic) bond motifs is 1. The van der Waals surface area contributed by atoms with E-state index >= 15 is 0 Å². The fourth-order valence-electron chi connectivity index (χ4n) is 2.35. The van der Waals surface area contributed by atoms with Crippen molar-refractivity contribution in [2.75, 3.05) is 7.11 Å². The van der Waals surface area contributed by atoms with Crippen LogP contribution in [0, 0.1) is 10.1 Å². The first kappa shape index (κ1) is 15.1. The topological polar surface area (TPSA) is 72.6 Å². The minimum absolute atomic E-state index is 0.0333. The Morgan fingerprint density at radius 2 is 2.00 bits per heavy atom. The molecule has 0 spiro atoms. The normalized spacial score (nSPS) is 11.2. The molecule has 0 unspecified atom stereocenters. The number of aromatic hydroxyl groups is 1. The van der Waals surface area contributed by atoms with Crippen LogP contribution in [0.25, 0.3) is 22.2 Å². The van der Waals surface area contributed by atoms with Gasteiger partial charge in [-0.25, -0.2) is 0 Å². The lowest BCUT2D eigenvalue weighted by atomic mass is 10.1. The zero-order valence-corrected chi connectivity index (χ0v) is 13.0. The van der Waals surface area contributed by atoms with Gasteiger partial charge in [0.05, 0.1) is 17.6 Å². The summed E-state index contributed by atoms with van der Waals surface area (Å²) in [7, 11) is 1.33. The number of hydrogen-bond donors (Lipinski definition) is 1. The van der Waals surface area contributed by atoms with Gasteiger partial charge in [-0.15, -0.1) is 11.3 Å². The Morgan fingerprint density at radius 1 is 1.22 bits per heavy atom. The number of hydrogen-bond acceptors (Lipinski definition) is 5. The lowest BCUT2D eigenvalue weighted by Gasteiger charge is -2.05. The molecule has 0 aliphatic rings. The highest BCUT2D eigenvalue weighted by molar-refractivity contribution is 7.19. The molecule has 6 heteroatoms. The Hall–Kier alpha value is -2.86. The highest BCUT2D eigenvalue weighted by atomic mass is 32.1. The highest BCUT2D eigenvalue weighted by Crippen LogP contribution is 2.36. The van der Waals surface area contributed by atoms with Gasteiger partial charge in [-0.05, 0) is 35.7 Å². The minimum Gasteiger partial charge on any atom is -0.508 e. The number of thiophene rings is 1. The molecule has 5 nitrogen and oxygen atoms in total. The van der Waals surface area contributed by atoms with Crippen molar-refractivity contribution in [1.29, 1.82) is 0 Å². The van der Waals surface area contributed by atoms with E-state index in [1.807, 2.05) is 30.3 Å². The van der Waals surface area contributed by atoms with E-state index < -0.39 is 4.92 Å². The van der Waals surface area contributed by atoms with Crippen LogP contribution in [-0.2, 0) is 0 Å². The predicted molar refractivity (Wildman–Crippen MR) is 92.1 cm³/mol. The van der Waals surface area contributed by atoms with E-state index in [0.717, 1.165) is 15.0 Å². The number of phenolic OH excluding ortho intramolecular Hbond substituents is 1. The van der Waals surface area contributed by atoms with E-state index in [4.69, 9.17) is 4.74 Å². The van der Waals surface area contributed by atoms with Gasteiger partial charge in [-0.2, -0.15) is 0 Å². The van der Waals surface area contributed by atoms with Crippen molar-refractivity contribution < 1.29 is 14.8 Å². The largest absolute Gasteiger partial charge is 0.508 e. The molecule has 3 aromatic rings. The predicted octanol–water partition coefficient (Wildman–Crippen LogP) is 4.69. The van der Waals surface area contributed by atoms with Gasteiger partial charge >= 0.3 is 5.69 Å². The molecule has 0 atom stereocenters. The summed E-state index contributed by atoms with van der Waals surface area (Å²) in [6, 6.07) is 12.6. The monoisotopic (exact) mass is 327 g/mol. The Bertz CT molecular complexity index is 881. The van der Waals surface area contributed by atoms with Gasteiger partial charge in [0.1, 0.15) is 5.75 Å². The molecule has 0 saturated carbocycles. The molecule has 0 fully saturated rings. The minimum atomic E-state index is -0.511. The fraction of sp³-hybridized carbons (Fsp3) is 0.0588.